The molecule has 3 heteroatoms. The van der Waals surface area contributed by atoms with Crippen LogP contribution in [0.1, 0.15) is 22.8 Å². The fraction of sp³-hybridized carbons (Fsp3) is 0.400. The molecule has 0 bridgehead atoms. The number of benzene rings is 1. The van der Waals surface area contributed by atoms with Crippen molar-refractivity contribution in [3.8, 4) is 0 Å². The molecule has 13 heavy (non-hydrogen) atoms. The van der Waals surface area contributed by atoms with Crippen LogP contribution in [0.5, 0.6) is 0 Å². The third-order valence-electron chi connectivity index (χ3n) is 2.51. The van der Waals surface area contributed by atoms with Gasteiger partial charge in [0, 0.05) is 6.42 Å². The molecule has 1 aliphatic rings. The van der Waals surface area contributed by atoms with Crippen LogP contribution in [0.2, 0.25) is 0 Å². The average molecular weight is 184 g/mol. The van der Waals surface area contributed by atoms with Crippen LogP contribution in [0, 0.1) is 6.92 Å². The second-order valence-electron chi connectivity index (χ2n) is 3.49. The Morgan fingerprint density at radius 2 is 2.15 bits per heavy atom. The summed E-state index contributed by atoms with van der Waals surface area (Å²) in [5.41, 5.74) is 1.71. The van der Waals surface area contributed by atoms with Crippen molar-refractivity contribution in [2.24, 2.45) is 0 Å². The zero-order chi connectivity index (χ0) is 9.64. The van der Waals surface area contributed by atoms with E-state index in [4.69, 9.17) is 0 Å². The molecule has 0 amide bonds. The van der Waals surface area contributed by atoms with E-state index in [2.05, 4.69) is 0 Å². The Balaban J connectivity index is 2.57. The number of aliphatic hydroxyl groups excluding tert-OH is 1. The van der Waals surface area contributed by atoms with Gasteiger partial charge >= 0.3 is 0 Å². The van der Waals surface area contributed by atoms with Gasteiger partial charge in [-0.1, -0.05) is 18.2 Å². The molecule has 0 unspecified atom stereocenters. The van der Waals surface area contributed by atoms with Gasteiger partial charge in [0.1, 0.15) is 6.10 Å². The van der Waals surface area contributed by atoms with Crippen molar-refractivity contribution < 1.29 is 13.9 Å². The predicted octanol–water partition coefficient (Wildman–Crippen LogP) is 2.22. The number of fused-ring (bicyclic) bond motifs is 1. The standard InChI is InChI=1S/C10H10F2O/c1-6-3-2-4-7-5-10(11,12)9(13)8(6)7/h2-4,9,13H,5H2,1H3/t9-/m0/s1. The van der Waals surface area contributed by atoms with Crippen LogP contribution >= 0.6 is 0 Å². The molecule has 1 atom stereocenters. The Morgan fingerprint density at radius 1 is 1.46 bits per heavy atom. The van der Waals surface area contributed by atoms with Crippen LogP contribution in [0.15, 0.2) is 18.2 Å². The Bertz CT molecular complexity index is 347. The molecule has 0 saturated carbocycles. The van der Waals surface area contributed by atoms with Crippen molar-refractivity contribution in [1.29, 1.82) is 0 Å². The molecule has 1 aliphatic carbocycles. The molecule has 0 radical (unpaired) electrons. The maximum absolute atomic E-state index is 13.1. The quantitative estimate of drug-likeness (QED) is 0.655. The van der Waals surface area contributed by atoms with Crippen LogP contribution < -0.4 is 0 Å². The van der Waals surface area contributed by atoms with E-state index in [0.717, 1.165) is 5.56 Å². The van der Waals surface area contributed by atoms with Crippen molar-refractivity contribution in [1.82, 2.24) is 0 Å². The van der Waals surface area contributed by atoms with Crippen LogP contribution in [0.25, 0.3) is 0 Å². The summed E-state index contributed by atoms with van der Waals surface area (Å²) >= 11 is 0. The molecule has 0 saturated heterocycles. The summed E-state index contributed by atoms with van der Waals surface area (Å²) < 4.78 is 26.1. The number of rotatable bonds is 0. The predicted molar refractivity (Wildman–Crippen MR) is 44.8 cm³/mol. The molecular weight excluding hydrogens is 174 g/mol. The summed E-state index contributed by atoms with van der Waals surface area (Å²) in [7, 11) is 0. The summed E-state index contributed by atoms with van der Waals surface area (Å²) in [5, 5.41) is 9.34. The molecule has 70 valence electrons. The summed E-state index contributed by atoms with van der Waals surface area (Å²) in [6, 6.07) is 5.12. The maximum atomic E-state index is 13.1. The first-order valence-corrected chi connectivity index (χ1v) is 4.16. The lowest BCUT2D eigenvalue weighted by Gasteiger charge is -2.14. The Kier molecular flexibility index (Phi) is 1.67. The lowest BCUT2D eigenvalue weighted by Crippen LogP contribution is -2.21. The molecule has 0 aromatic heterocycles. The number of hydrogen-bond acceptors (Lipinski definition) is 1. The van der Waals surface area contributed by atoms with E-state index in [0.29, 0.717) is 11.1 Å². The van der Waals surface area contributed by atoms with Gasteiger partial charge in [0.15, 0.2) is 0 Å². The second-order valence-corrected chi connectivity index (χ2v) is 3.49. The minimum Gasteiger partial charge on any atom is -0.382 e. The molecule has 0 aliphatic heterocycles. The Hall–Kier alpha value is -0.960. The smallest absolute Gasteiger partial charge is 0.281 e. The zero-order valence-corrected chi connectivity index (χ0v) is 7.22. The molecule has 1 aromatic carbocycles. The van der Waals surface area contributed by atoms with Crippen molar-refractivity contribution in [3.63, 3.8) is 0 Å². The summed E-state index contributed by atoms with van der Waals surface area (Å²) in [6.45, 7) is 1.74. The molecule has 0 fully saturated rings. The number of hydrogen-bond donors (Lipinski definition) is 1. The van der Waals surface area contributed by atoms with Gasteiger partial charge in [-0.05, 0) is 23.6 Å². The van der Waals surface area contributed by atoms with Crippen LogP contribution in [0.3, 0.4) is 0 Å². The van der Waals surface area contributed by atoms with E-state index in [-0.39, 0.29) is 6.42 Å². The first-order chi connectivity index (χ1) is 6.02. The highest BCUT2D eigenvalue weighted by molar-refractivity contribution is 5.42. The van der Waals surface area contributed by atoms with E-state index in [1.165, 1.54) is 0 Å². The van der Waals surface area contributed by atoms with Crippen molar-refractivity contribution in [2.75, 3.05) is 0 Å². The fourth-order valence-electron chi connectivity index (χ4n) is 1.85. The topological polar surface area (TPSA) is 20.2 Å². The highest BCUT2D eigenvalue weighted by Gasteiger charge is 2.47. The largest absolute Gasteiger partial charge is 0.382 e. The van der Waals surface area contributed by atoms with Gasteiger partial charge in [-0.25, -0.2) is 8.78 Å². The third-order valence-corrected chi connectivity index (χ3v) is 2.51. The molecule has 1 nitrogen and oxygen atoms in total. The fourth-order valence-corrected chi connectivity index (χ4v) is 1.85. The summed E-state index contributed by atoms with van der Waals surface area (Å²) in [6.07, 6.45) is -1.96. The van der Waals surface area contributed by atoms with Gasteiger partial charge in [-0.3, -0.25) is 0 Å². The van der Waals surface area contributed by atoms with E-state index in [9.17, 15) is 13.9 Å². The van der Waals surface area contributed by atoms with Crippen LogP contribution in [-0.2, 0) is 6.42 Å². The van der Waals surface area contributed by atoms with Gasteiger partial charge in [0.2, 0.25) is 0 Å². The lowest BCUT2D eigenvalue weighted by atomic mass is 10.0. The zero-order valence-electron chi connectivity index (χ0n) is 7.22. The van der Waals surface area contributed by atoms with Crippen molar-refractivity contribution >= 4 is 0 Å². The minimum atomic E-state index is -2.99. The lowest BCUT2D eigenvalue weighted by molar-refractivity contribution is -0.0969. The average Bonchev–Trinajstić information content (AvgIpc) is 2.24. The molecule has 0 heterocycles. The van der Waals surface area contributed by atoms with Crippen LogP contribution in [-0.4, -0.2) is 11.0 Å². The number of alkyl halides is 2. The molecule has 1 aromatic rings. The Morgan fingerprint density at radius 3 is 2.77 bits per heavy atom. The van der Waals surface area contributed by atoms with Gasteiger partial charge in [-0.15, -0.1) is 0 Å². The molecule has 0 spiro atoms. The van der Waals surface area contributed by atoms with E-state index in [1.807, 2.05) is 0 Å². The van der Waals surface area contributed by atoms with E-state index >= 15 is 0 Å². The van der Waals surface area contributed by atoms with Gasteiger partial charge < -0.3 is 5.11 Å². The minimum absolute atomic E-state index is 0.342. The monoisotopic (exact) mass is 184 g/mol. The van der Waals surface area contributed by atoms with Gasteiger partial charge in [-0.2, -0.15) is 0 Å². The normalized spacial score (nSPS) is 24.5. The van der Waals surface area contributed by atoms with E-state index in [1.54, 1.807) is 25.1 Å². The number of halogens is 2. The van der Waals surface area contributed by atoms with Crippen molar-refractivity contribution in [2.45, 2.75) is 25.4 Å². The first-order valence-electron chi connectivity index (χ1n) is 4.16. The maximum Gasteiger partial charge on any atom is 0.281 e. The van der Waals surface area contributed by atoms with Gasteiger partial charge in [0.05, 0.1) is 0 Å². The third kappa shape index (κ3) is 1.15. The van der Waals surface area contributed by atoms with Gasteiger partial charge in [0.25, 0.3) is 5.92 Å². The molecular formula is C10H10F2O. The first kappa shape index (κ1) is 8.63. The highest BCUT2D eigenvalue weighted by Crippen LogP contribution is 2.44. The highest BCUT2D eigenvalue weighted by atomic mass is 19.3. The Labute approximate surface area is 75.0 Å². The summed E-state index contributed by atoms with van der Waals surface area (Å²) in [5.74, 6) is -2.99. The molecule has 1 N–H and O–H groups in total. The molecule has 2 rings (SSSR count). The second kappa shape index (κ2) is 2.51. The summed E-state index contributed by atoms with van der Waals surface area (Å²) in [4.78, 5) is 0. The number of aryl methyl sites for hydroxylation is 1. The van der Waals surface area contributed by atoms with Crippen LogP contribution in [0.4, 0.5) is 8.78 Å². The number of aliphatic hydroxyl groups is 1. The van der Waals surface area contributed by atoms with E-state index < -0.39 is 12.0 Å². The van der Waals surface area contributed by atoms with Crippen molar-refractivity contribution in [3.05, 3.63) is 34.9 Å². The SMILES string of the molecule is Cc1cccc2c1[C@H](O)C(F)(F)C2.